The summed E-state index contributed by atoms with van der Waals surface area (Å²) in [5.74, 6) is 2.68. The molecule has 0 spiro atoms. The molecule has 3 rings (SSSR count). The third kappa shape index (κ3) is 6.73. The average Bonchev–Trinajstić information content (AvgIpc) is 2.72. The average molecular weight is 435 g/mol. The summed E-state index contributed by atoms with van der Waals surface area (Å²) >= 11 is 1.62. The number of nitrogen functional groups attached to an aromatic ring is 2. The zero-order chi connectivity index (χ0) is 20.6. The molecule has 8 nitrogen and oxygen atoms in total. The van der Waals surface area contributed by atoms with Crippen LogP contribution in [0.3, 0.4) is 0 Å². The lowest BCUT2D eigenvalue weighted by Crippen LogP contribution is -2.44. The van der Waals surface area contributed by atoms with Gasteiger partial charge in [-0.25, -0.2) is 9.97 Å². The number of aromatic nitrogens is 2. The molecule has 1 aromatic heterocycles. The zero-order valence-corrected chi connectivity index (χ0v) is 18.7. The number of hydrogen-bond acceptors (Lipinski definition) is 8. The first kappa shape index (κ1) is 24.2. The summed E-state index contributed by atoms with van der Waals surface area (Å²) in [5.41, 5.74) is 14.2. The number of ether oxygens (including phenoxy) is 1. The van der Waals surface area contributed by atoms with E-state index in [1.807, 2.05) is 24.3 Å². The number of benzene rings is 1. The van der Waals surface area contributed by atoms with Gasteiger partial charge in [-0.1, -0.05) is 30.0 Å². The summed E-state index contributed by atoms with van der Waals surface area (Å²) in [7, 11) is 3.85. The van der Waals surface area contributed by atoms with E-state index in [4.69, 9.17) is 16.2 Å². The van der Waals surface area contributed by atoms with Crippen LogP contribution in [0.2, 0.25) is 0 Å². The number of unbranched alkanes of at least 4 members (excludes halogenated alkanes) is 1. The van der Waals surface area contributed by atoms with Crippen LogP contribution in [-0.2, 0) is 6.42 Å². The minimum absolute atomic E-state index is 0. The van der Waals surface area contributed by atoms with E-state index in [0.717, 1.165) is 35.6 Å². The minimum Gasteiger partial charge on any atom is -0.496 e. The van der Waals surface area contributed by atoms with Gasteiger partial charge >= 0.3 is 0 Å². The van der Waals surface area contributed by atoms with Crippen molar-refractivity contribution in [2.24, 2.45) is 0 Å². The van der Waals surface area contributed by atoms with Gasteiger partial charge < -0.3 is 31.5 Å². The van der Waals surface area contributed by atoms with E-state index in [2.05, 4.69) is 26.8 Å². The van der Waals surface area contributed by atoms with Gasteiger partial charge in [-0.05, 0) is 38.1 Å². The number of para-hydroxylation sites is 1. The van der Waals surface area contributed by atoms with Crippen molar-refractivity contribution in [2.45, 2.75) is 24.4 Å². The van der Waals surface area contributed by atoms with Crippen LogP contribution in [0.25, 0.3) is 0 Å². The fraction of sp³-hybridized carbons (Fsp3) is 0.524. The Balaban J connectivity index is 0.00000320. The predicted molar refractivity (Wildman–Crippen MR) is 124 cm³/mol. The van der Waals surface area contributed by atoms with E-state index in [-0.39, 0.29) is 5.48 Å². The van der Waals surface area contributed by atoms with Crippen molar-refractivity contribution >= 4 is 23.4 Å². The molecule has 1 aromatic carbocycles. The van der Waals surface area contributed by atoms with E-state index in [1.165, 1.54) is 32.6 Å². The van der Waals surface area contributed by atoms with Crippen LogP contribution in [-0.4, -0.2) is 77.9 Å². The number of thioether (sulfide) groups is 1. The zero-order valence-electron chi connectivity index (χ0n) is 17.9. The number of likely N-dealkylation sites (N-methyl/N-ethyl adjacent to an activating group) is 1. The highest BCUT2D eigenvalue weighted by molar-refractivity contribution is 7.99. The largest absolute Gasteiger partial charge is 0.496 e. The highest BCUT2D eigenvalue weighted by Crippen LogP contribution is 2.28. The van der Waals surface area contributed by atoms with E-state index in [0.29, 0.717) is 23.2 Å². The van der Waals surface area contributed by atoms with Crippen molar-refractivity contribution in [3.63, 3.8) is 0 Å². The molecular weight excluding hydrogens is 400 g/mol. The van der Waals surface area contributed by atoms with Crippen molar-refractivity contribution in [1.82, 2.24) is 19.8 Å². The SMILES string of the molecule is COc1ccccc1Cc1c(N)nc(SCCCCN2CCN(C)CC2)nc1N.O. The first-order valence-electron chi connectivity index (χ1n) is 10.1. The van der Waals surface area contributed by atoms with Gasteiger partial charge in [-0.2, -0.15) is 0 Å². The van der Waals surface area contributed by atoms with Gasteiger partial charge in [0, 0.05) is 43.9 Å². The lowest BCUT2D eigenvalue weighted by atomic mass is 10.1. The van der Waals surface area contributed by atoms with Crippen LogP contribution >= 0.6 is 11.8 Å². The topological polar surface area (TPSA) is 125 Å². The molecule has 0 radical (unpaired) electrons. The number of anilines is 2. The van der Waals surface area contributed by atoms with Gasteiger partial charge in [0.25, 0.3) is 0 Å². The number of hydrogen-bond donors (Lipinski definition) is 2. The van der Waals surface area contributed by atoms with Gasteiger partial charge in [0.1, 0.15) is 17.4 Å². The highest BCUT2D eigenvalue weighted by atomic mass is 32.2. The van der Waals surface area contributed by atoms with E-state index >= 15 is 0 Å². The second-order valence-electron chi connectivity index (χ2n) is 7.44. The number of nitrogens with zero attached hydrogens (tertiary/aromatic N) is 4. The molecule has 0 aliphatic carbocycles. The molecule has 1 fully saturated rings. The Morgan fingerprint density at radius 1 is 1.03 bits per heavy atom. The molecule has 2 heterocycles. The smallest absolute Gasteiger partial charge is 0.191 e. The quantitative estimate of drug-likeness (QED) is 0.346. The van der Waals surface area contributed by atoms with E-state index in [1.54, 1.807) is 18.9 Å². The Bertz CT molecular complexity index is 776. The molecule has 2 aromatic rings. The standard InChI is InChI=1S/C21H32N6OS.H2O/c1-26-10-12-27(13-11-26)9-5-6-14-29-21-24-19(22)17(20(23)25-21)15-16-7-3-4-8-18(16)28-2;/h3-4,7-8H,5-6,9-15H2,1-2H3,(H4,22,23,24,25);1H2. The minimum atomic E-state index is 0. The van der Waals surface area contributed by atoms with E-state index in [9.17, 15) is 0 Å². The Kier molecular flexibility index (Phi) is 9.64. The maximum atomic E-state index is 6.20. The van der Waals surface area contributed by atoms with Crippen molar-refractivity contribution in [1.29, 1.82) is 0 Å². The Hall–Kier alpha value is -2.07. The summed E-state index contributed by atoms with van der Waals surface area (Å²) in [6.07, 6.45) is 2.87. The number of rotatable bonds is 9. The summed E-state index contributed by atoms with van der Waals surface area (Å²) in [6, 6.07) is 7.84. The van der Waals surface area contributed by atoms with Crippen LogP contribution in [0.5, 0.6) is 5.75 Å². The van der Waals surface area contributed by atoms with Crippen molar-refractivity contribution < 1.29 is 10.2 Å². The molecule has 6 N–H and O–H groups in total. The van der Waals surface area contributed by atoms with E-state index < -0.39 is 0 Å². The Morgan fingerprint density at radius 2 is 1.70 bits per heavy atom. The predicted octanol–water partition coefficient (Wildman–Crippen LogP) is 1.54. The highest BCUT2D eigenvalue weighted by Gasteiger charge is 2.15. The molecule has 0 amide bonds. The lowest BCUT2D eigenvalue weighted by Gasteiger charge is -2.32. The second-order valence-corrected chi connectivity index (χ2v) is 8.51. The number of methoxy groups -OCH3 is 1. The summed E-state index contributed by atoms with van der Waals surface area (Å²) in [5, 5.41) is 0.656. The molecule has 1 saturated heterocycles. The third-order valence-corrected chi connectivity index (χ3v) is 6.24. The molecule has 0 unspecified atom stereocenters. The second kappa shape index (κ2) is 11.9. The molecule has 1 aliphatic heterocycles. The van der Waals surface area contributed by atoms with Crippen LogP contribution in [0.15, 0.2) is 29.4 Å². The third-order valence-electron chi connectivity index (χ3n) is 5.31. The first-order valence-corrected chi connectivity index (χ1v) is 11.1. The summed E-state index contributed by atoms with van der Waals surface area (Å²) < 4.78 is 5.41. The van der Waals surface area contributed by atoms with Crippen LogP contribution in [0.4, 0.5) is 11.6 Å². The molecule has 1 aliphatic rings. The summed E-state index contributed by atoms with van der Waals surface area (Å²) in [6.45, 7) is 5.85. The number of nitrogens with two attached hydrogens (primary N) is 2. The Labute approximate surface area is 183 Å². The molecule has 30 heavy (non-hydrogen) atoms. The maximum Gasteiger partial charge on any atom is 0.191 e. The first-order chi connectivity index (χ1) is 14.1. The van der Waals surface area contributed by atoms with Crippen molar-refractivity contribution in [2.75, 3.05) is 64.1 Å². The molecule has 0 atom stereocenters. The molecular formula is C21H34N6O2S. The van der Waals surface area contributed by atoms with Crippen molar-refractivity contribution in [3.8, 4) is 5.75 Å². The van der Waals surface area contributed by atoms with Gasteiger partial charge in [0.2, 0.25) is 0 Å². The lowest BCUT2D eigenvalue weighted by molar-refractivity contribution is 0.153. The number of piperazine rings is 1. The molecule has 0 bridgehead atoms. The Morgan fingerprint density at radius 3 is 2.37 bits per heavy atom. The van der Waals surface area contributed by atoms with Crippen LogP contribution in [0, 0.1) is 0 Å². The van der Waals surface area contributed by atoms with Gasteiger partial charge in [-0.3, -0.25) is 0 Å². The monoisotopic (exact) mass is 434 g/mol. The normalized spacial score (nSPS) is 15.0. The molecule has 166 valence electrons. The molecule has 9 heteroatoms. The molecule has 0 saturated carbocycles. The fourth-order valence-electron chi connectivity index (χ4n) is 3.45. The van der Waals surface area contributed by atoms with Crippen LogP contribution in [0.1, 0.15) is 24.0 Å². The fourth-order valence-corrected chi connectivity index (χ4v) is 4.31. The van der Waals surface area contributed by atoms with Crippen LogP contribution < -0.4 is 16.2 Å². The van der Waals surface area contributed by atoms with Gasteiger partial charge in [-0.15, -0.1) is 0 Å². The van der Waals surface area contributed by atoms with Gasteiger partial charge in [0.05, 0.1) is 7.11 Å². The van der Waals surface area contributed by atoms with Crippen molar-refractivity contribution in [3.05, 3.63) is 35.4 Å². The maximum absolute atomic E-state index is 6.20. The summed E-state index contributed by atoms with van der Waals surface area (Å²) in [4.78, 5) is 13.9. The van der Waals surface area contributed by atoms with Gasteiger partial charge in [0.15, 0.2) is 5.16 Å².